The number of hydrogen-bond donors (Lipinski definition) is 0. The summed E-state index contributed by atoms with van der Waals surface area (Å²) in [6.45, 7) is 7.10. The molecule has 5 heteroatoms. The summed E-state index contributed by atoms with van der Waals surface area (Å²) < 4.78 is 0. The van der Waals surface area contributed by atoms with Gasteiger partial charge in [0.25, 0.3) is 0 Å². The highest BCUT2D eigenvalue weighted by Gasteiger charge is 2.29. The van der Waals surface area contributed by atoms with Crippen molar-refractivity contribution in [1.29, 1.82) is 0 Å². The molecule has 2 saturated heterocycles. The summed E-state index contributed by atoms with van der Waals surface area (Å²) in [6, 6.07) is 10.5. The van der Waals surface area contributed by atoms with E-state index >= 15 is 0 Å². The molecule has 2 amide bonds. The fourth-order valence-electron chi connectivity index (χ4n) is 3.84. The monoisotopic (exact) mass is 343 g/mol. The summed E-state index contributed by atoms with van der Waals surface area (Å²) in [6.07, 6.45) is 3.20. The van der Waals surface area contributed by atoms with Crippen molar-refractivity contribution in [3.05, 3.63) is 35.9 Å². The Balaban J connectivity index is 1.60. The lowest BCUT2D eigenvalue weighted by atomic mass is 10.1. The van der Waals surface area contributed by atoms with Crippen LogP contribution in [0.1, 0.15) is 38.2 Å². The number of nitrogens with zero attached hydrogens (tertiary/aromatic N) is 3. The molecule has 1 atom stereocenters. The molecular formula is C20H29N3O2. The Bertz CT molecular complexity index is 590. The predicted molar refractivity (Wildman–Crippen MR) is 97.9 cm³/mol. The molecule has 0 bridgehead atoms. The van der Waals surface area contributed by atoms with Crippen molar-refractivity contribution in [2.45, 2.75) is 45.2 Å². The highest BCUT2D eigenvalue weighted by Crippen LogP contribution is 2.18. The van der Waals surface area contributed by atoms with Crippen LogP contribution in [0.15, 0.2) is 30.3 Å². The molecule has 0 radical (unpaired) electrons. The van der Waals surface area contributed by atoms with E-state index in [9.17, 15) is 9.59 Å². The van der Waals surface area contributed by atoms with Crippen molar-refractivity contribution < 1.29 is 9.59 Å². The first kappa shape index (κ1) is 17.9. The second-order valence-electron chi connectivity index (χ2n) is 7.10. The van der Waals surface area contributed by atoms with Crippen LogP contribution in [0.3, 0.4) is 0 Å². The van der Waals surface area contributed by atoms with Crippen LogP contribution in [0, 0.1) is 0 Å². The van der Waals surface area contributed by atoms with Gasteiger partial charge in [0.2, 0.25) is 11.8 Å². The molecule has 1 aromatic carbocycles. The SMILES string of the molecule is CC[C@H]1CN(CCN2CCCC2=O)CCC(=O)N1Cc1ccccc1. The fraction of sp³-hybridized carbons (Fsp3) is 0.600. The van der Waals surface area contributed by atoms with Crippen molar-refractivity contribution in [3.8, 4) is 0 Å². The molecule has 2 aliphatic rings. The summed E-state index contributed by atoms with van der Waals surface area (Å²) in [7, 11) is 0. The van der Waals surface area contributed by atoms with Crippen LogP contribution in [0.4, 0.5) is 0 Å². The smallest absolute Gasteiger partial charge is 0.224 e. The molecular weight excluding hydrogens is 314 g/mol. The van der Waals surface area contributed by atoms with Gasteiger partial charge in [-0.3, -0.25) is 14.5 Å². The van der Waals surface area contributed by atoms with Crippen molar-refractivity contribution in [3.63, 3.8) is 0 Å². The zero-order chi connectivity index (χ0) is 17.6. The third-order valence-electron chi connectivity index (χ3n) is 5.40. The Morgan fingerprint density at radius 2 is 1.80 bits per heavy atom. The second kappa shape index (κ2) is 8.48. The maximum atomic E-state index is 12.7. The molecule has 136 valence electrons. The van der Waals surface area contributed by atoms with Crippen LogP contribution in [-0.2, 0) is 16.1 Å². The average molecular weight is 343 g/mol. The van der Waals surface area contributed by atoms with E-state index in [4.69, 9.17) is 0 Å². The minimum Gasteiger partial charge on any atom is -0.341 e. The largest absolute Gasteiger partial charge is 0.341 e. The quantitative estimate of drug-likeness (QED) is 0.795. The first-order chi connectivity index (χ1) is 12.2. The van der Waals surface area contributed by atoms with Gasteiger partial charge in [0.05, 0.1) is 0 Å². The first-order valence-electron chi connectivity index (χ1n) is 9.51. The molecule has 2 aliphatic heterocycles. The van der Waals surface area contributed by atoms with E-state index in [0.29, 0.717) is 19.4 Å². The van der Waals surface area contributed by atoms with E-state index in [-0.39, 0.29) is 17.9 Å². The average Bonchev–Trinajstić information content (AvgIpc) is 2.98. The normalized spacial score (nSPS) is 22.5. The Labute approximate surface area is 150 Å². The molecule has 0 saturated carbocycles. The van der Waals surface area contributed by atoms with Crippen LogP contribution < -0.4 is 0 Å². The lowest BCUT2D eigenvalue weighted by Gasteiger charge is -2.32. The van der Waals surface area contributed by atoms with Crippen LogP contribution in [0.25, 0.3) is 0 Å². The minimum atomic E-state index is 0.240. The van der Waals surface area contributed by atoms with Gasteiger partial charge in [0.15, 0.2) is 0 Å². The van der Waals surface area contributed by atoms with Crippen molar-refractivity contribution in [2.75, 3.05) is 32.7 Å². The molecule has 0 spiro atoms. The first-order valence-corrected chi connectivity index (χ1v) is 9.51. The van der Waals surface area contributed by atoms with Crippen molar-refractivity contribution in [2.24, 2.45) is 0 Å². The molecule has 1 aromatic rings. The molecule has 0 N–H and O–H groups in total. The van der Waals surface area contributed by atoms with Gasteiger partial charge in [-0.15, -0.1) is 0 Å². The third-order valence-corrected chi connectivity index (χ3v) is 5.40. The maximum Gasteiger partial charge on any atom is 0.224 e. The summed E-state index contributed by atoms with van der Waals surface area (Å²) >= 11 is 0. The number of benzene rings is 1. The molecule has 0 aromatic heterocycles. The molecule has 0 unspecified atom stereocenters. The van der Waals surface area contributed by atoms with E-state index in [1.54, 1.807) is 0 Å². The molecule has 25 heavy (non-hydrogen) atoms. The number of amides is 2. The minimum absolute atomic E-state index is 0.240. The number of carbonyl (C=O) groups excluding carboxylic acids is 2. The van der Waals surface area contributed by atoms with Gasteiger partial charge >= 0.3 is 0 Å². The van der Waals surface area contributed by atoms with E-state index in [0.717, 1.165) is 45.6 Å². The molecule has 2 fully saturated rings. The summed E-state index contributed by atoms with van der Waals surface area (Å²) in [5.41, 5.74) is 1.19. The van der Waals surface area contributed by atoms with E-state index in [1.807, 2.05) is 23.1 Å². The summed E-state index contributed by atoms with van der Waals surface area (Å²) in [5.74, 6) is 0.527. The lowest BCUT2D eigenvalue weighted by Crippen LogP contribution is -2.44. The van der Waals surface area contributed by atoms with Crippen LogP contribution in [0.5, 0.6) is 0 Å². The zero-order valence-corrected chi connectivity index (χ0v) is 15.2. The van der Waals surface area contributed by atoms with E-state index in [1.165, 1.54) is 5.56 Å². The van der Waals surface area contributed by atoms with Gasteiger partial charge in [-0.05, 0) is 18.4 Å². The molecule has 3 rings (SSSR count). The highest BCUT2D eigenvalue weighted by molar-refractivity contribution is 5.78. The summed E-state index contributed by atoms with van der Waals surface area (Å²) in [5, 5.41) is 0. The molecule has 0 aliphatic carbocycles. The molecule has 5 nitrogen and oxygen atoms in total. The van der Waals surface area contributed by atoms with E-state index < -0.39 is 0 Å². The Morgan fingerprint density at radius 3 is 2.48 bits per heavy atom. The summed E-state index contributed by atoms with van der Waals surface area (Å²) in [4.78, 5) is 30.9. The molecule has 2 heterocycles. The number of likely N-dealkylation sites (tertiary alicyclic amines) is 1. The van der Waals surface area contributed by atoms with Gasteiger partial charge in [-0.2, -0.15) is 0 Å². The maximum absolute atomic E-state index is 12.7. The van der Waals surface area contributed by atoms with Gasteiger partial charge in [0, 0.05) is 58.2 Å². The highest BCUT2D eigenvalue weighted by atomic mass is 16.2. The third kappa shape index (κ3) is 4.60. The van der Waals surface area contributed by atoms with Gasteiger partial charge in [-0.25, -0.2) is 0 Å². The number of rotatable bonds is 6. The standard InChI is InChI=1S/C20H29N3O2/c1-2-18-16-21(13-14-22-11-6-9-19(22)24)12-10-20(25)23(18)15-17-7-4-3-5-8-17/h3-5,7-8,18H,2,6,9-16H2,1H3/t18-/m0/s1. The van der Waals surface area contributed by atoms with Crippen molar-refractivity contribution in [1.82, 2.24) is 14.7 Å². The van der Waals surface area contributed by atoms with E-state index in [2.05, 4.69) is 28.9 Å². The van der Waals surface area contributed by atoms with Gasteiger partial charge < -0.3 is 9.80 Å². The topological polar surface area (TPSA) is 43.9 Å². The van der Waals surface area contributed by atoms with Crippen LogP contribution in [-0.4, -0.2) is 65.3 Å². The van der Waals surface area contributed by atoms with Crippen molar-refractivity contribution >= 4 is 11.8 Å². The van der Waals surface area contributed by atoms with Gasteiger partial charge in [0.1, 0.15) is 0 Å². The lowest BCUT2D eigenvalue weighted by molar-refractivity contribution is -0.133. The predicted octanol–water partition coefficient (Wildman–Crippen LogP) is 2.12. The van der Waals surface area contributed by atoms with Crippen LogP contribution in [0.2, 0.25) is 0 Å². The Hall–Kier alpha value is -1.88. The fourth-order valence-corrected chi connectivity index (χ4v) is 3.84. The Morgan fingerprint density at radius 1 is 1.00 bits per heavy atom. The van der Waals surface area contributed by atoms with Gasteiger partial charge in [-0.1, -0.05) is 37.3 Å². The van der Waals surface area contributed by atoms with Crippen LogP contribution >= 0.6 is 0 Å². The zero-order valence-electron chi connectivity index (χ0n) is 15.2. The second-order valence-corrected chi connectivity index (χ2v) is 7.10. The number of carbonyl (C=O) groups is 2. The Kier molecular flexibility index (Phi) is 6.08. The number of hydrogen-bond acceptors (Lipinski definition) is 3.